The van der Waals surface area contributed by atoms with Crippen LogP contribution in [0.2, 0.25) is 0 Å². The second-order valence-electron chi connectivity index (χ2n) is 5.95. The Labute approximate surface area is 128 Å². The van der Waals surface area contributed by atoms with Gasteiger partial charge in [0.15, 0.2) is 0 Å². The molecule has 1 aromatic rings. The van der Waals surface area contributed by atoms with Gasteiger partial charge in [-0.15, -0.1) is 0 Å². The van der Waals surface area contributed by atoms with Crippen LogP contribution in [0, 0.1) is 5.92 Å². The summed E-state index contributed by atoms with van der Waals surface area (Å²) in [5, 5.41) is 3.43. The molecule has 0 spiro atoms. The van der Waals surface area contributed by atoms with E-state index in [2.05, 4.69) is 22.3 Å². The predicted molar refractivity (Wildman–Crippen MR) is 88.4 cm³/mol. The van der Waals surface area contributed by atoms with Gasteiger partial charge in [0.2, 0.25) is 10.0 Å². The fourth-order valence-electron chi connectivity index (χ4n) is 2.65. The lowest BCUT2D eigenvalue weighted by molar-refractivity contribution is 0.277. The van der Waals surface area contributed by atoms with Crippen molar-refractivity contribution in [3.63, 3.8) is 0 Å². The number of piperidine rings is 1. The van der Waals surface area contributed by atoms with E-state index in [1.807, 2.05) is 26.2 Å². The molecule has 2 rings (SSSR count). The summed E-state index contributed by atoms with van der Waals surface area (Å²) in [7, 11) is 0.975. The topological polar surface area (TPSA) is 52.6 Å². The molecule has 0 radical (unpaired) electrons. The lowest BCUT2D eigenvalue weighted by Gasteiger charge is -2.31. The number of hydrogen-bond donors (Lipinski definition) is 1. The first-order valence-electron chi connectivity index (χ1n) is 7.32. The van der Waals surface area contributed by atoms with Crippen molar-refractivity contribution in [3.8, 4) is 0 Å². The van der Waals surface area contributed by atoms with Crippen molar-refractivity contribution in [1.29, 1.82) is 0 Å². The molecule has 0 aliphatic carbocycles. The summed E-state index contributed by atoms with van der Waals surface area (Å²) in [6.45, 7) is 2.09. The molecule has 21 heavy (non-hydrogen) atoms. The minimum Gasteiger partial charge on any atom is -0.385 e. The van der Waals surface area contributed by atoms with E-state index in [0.717, 1.165) is 30.8 Å². The normalized spacial score (nSPS) is 20.2. The van der Waals surface area contributed by atoms with Crippen molar-refractivity contribution in [1.82, 2.24) is 4.31 Å². The van der Waals surface area contributed by atoms with Crippen LogP contribution < -0.4 is 10.2 Å². The Hall–Kier alpha value is -1.27. The van der Waals surface area contributed by atoms with E-state index in [1.54, 1.807) is 4.31 Å². The molecular formula is C15H25N3O2S. The summed E-state index contributed by atoms with van der Waals surface area (Å²) in [6.07, 6.45) is 3.31. The Morgan fingerprint density at radius 3 is 2.81 bits per heavy atom. The Balaban J connectivity index is 1.92. The summed E-state index contributed by atoms with van der Waals surface area (Å²) in [6, 6.07) is 8.25. The summed E-state index contributed by atoms with van der Waals surface area (Å²) < 4.78 is 24.8. The summed E-state index contributed by atoms with van der Waals surface area (Å²) in [5.41, 5.74) is 2.24. The number of benzene rings is 1. The summed E-state index contributed by atoms with van der Waals surface area (Å²) in [4.78, 5) is 2.07. The van der Waals surface area contributed by atoms with E-state index >= 15 is 0 Å². The molecule has 1 unspecified atom stereocenters. The van der Waals surface area contributed by atoms with Crippen molar-refractivity contribution in [2.24, 2.45) is 5.92 Å². The molecular weight excluding hydrogens is 286 g/mol. The third-order valence-corrected chi connectivity index (χ3v) is 5.18. The van der Waals surface area contributed by atoms with E-state index in [0.29, 0.717) is 19.0 Å². The standard InChI is InChI=1S/C15H25N3O2S/c1-17(2)15-8-4-7-14(10-15)16-11-13-6-5-9-18(12-13)21(3,19)20/h4,7-8,10,13,16H,5-6,9,11-12H2,1-3H3. The molecule has 1 saturated heterocycles. The Bertz CT molecular complexity index is 572. The van der Waals surface area contributed by atoms with Crippen LogP contribution in [0.25, 0.3) is 0 Å². The first kappa shape index (κ1) is 16.1. The molecule has 1 aliphatic heterocycles. The van der Waals surface area contributed by atoms with Crippen LogP contribution in [0.5, 0.6) is 0 Å². The van der Waals surface area contributed by atoms with E-state index < -0.39 is 10.0 Å². The van der Waals surface area contributed by atoms with Crippen LogP contribution in [-0.4, -0.2) is 52.7 Å². The highest BCUT2D eigenvalue weighted by Crippen LogP contribution is 2.21. The highest BCUT2D eigenvalue weighted by molar-refractivity contribution is 7.88. The van der Waals surface area contributed by atoms with Crippen LogP contribution in [0.1, 0.15) is 12.8 Å². The largest absolute Gasteiger partial charge is 0.385 e. The van der Waals surface area contributed by atoms with Gasteiger partial charge in [-0.25, -0.2) is 12.7 Å². The zero-order valence-electron chi connectivity index (χ0n) is 13.0. The molecule has 1 heterocycles. The van der Waals surface area contributed by atoms with Gasteiger partial charge in [-0.2, -0.15) is 0 Å². The van der Waals surface area contributed by atoms with Gasteiger partial charge in [-0.05, 0) is 37.0 Å². The van der Waals surface area contributed by atoms with Gasteiger partial charge in [0.1, 0.15) is 0 Å². The van der Waals surface area contributed by atoms with Gasteiger partial charge in [-0.1, -0.05) is 6.07 Å². The van der Waals surface area contributed by atoms with Crippen molar-refractivity contribution in [2.75, 3.05) is 50.2 Å². The van der Waals surface area contributed by atoms with E-state index in [9.17, 15) is 8.42 Å². The van der Waals surface area contributed by atoms with Gasteiger partial charge >= 0.3 is 0 Å². The number of nitrogens with zero attached hydrogens (tertiary/aromatic N) is 2. The lowest BCUT2D eigenvalue weighted by Crippen LogP contribution is -2.41. The second kappa shape index (κ2) is 6.66. The van der Waals surface area contributed by atoms with Crippen molar-refractivity contribution < 1.29 is 8.42 Å². The van der Waals surface area contributed by atoms with E-state index in [1.165, 1.54) is 6.26 Å². The maximum absolute atomic E-state index is 11.6. The van der Waals surface area contributed by atoms with E-state index in [-0.39, 0.29) is 0 Å². The van der Waals surface area contributed by atoms with Crippen LogP contribution in [0.4, 0.5) is 11.4 Å². The molecule has 0 bridgehead atoms. The fourth-order valence-corrected chi connectivity index (χ4v) is 3.59. The Kier molecular flexibility index (Phi) is 5.11. The average Bonchev–Trinajstić information content (AvgIpc) is 2.45. The second-order valence-corrected chi connectivity index (χ2v) is 7.94. The van der Waals surface area contributed by atoms with Gasteiger partial charge in [0.25, 0.3) is 0 Å². The summed E-state index contributed by atoms with van der Waals surface area (Å²) in [5.74, 6) is 0.372. The third kappa shape index (κ3) is 4.61. The molecule has 1 aromatic carbocycles. The highest BCUT2D eigenvalue weighted by atomic mass is 32.2. The molecule has 1 aliphatic rings. The predicted octanol–water partition coefficient (Wildman–Crippen LogP) is 1.84. The molecule has 5 nitrogen and oxygen atoms in total. The minimum atomic E-state index is -3.06. The molecule has 1 atom stereocenters. The SMILES string of the molecule is CN(C)c1cccc(NCC2CCCN(S(C)(=O)=O)C2)c1. The van der Waals surface area contributed by atoms with Crippen LogP contribution >= 0.6 is 0 Å². The zero-order valence-corrected chi connectivity index (χ0v) is 13.9. The van der Waals surface area contributed by atoms with Gasteiger partial charge in [-0.3, -0.25) is 0 Å². The van der Waals surface area contributed by atoms with Crippen LogP contribution in [0.15, 0.2) is 24.3 Å². The lowest BCUT2D eigenvalue weighted by atomic mass is 9.99. The molecule has 1 N–H and O–H groups in total. The molecule has 0 aromatic heterocycles. The number of anilines is 2. The fraction of sp³-hybridized carbons (Fsp3) is 0.600. The number of sulfonamides is 1. The first-order chi connectivity index (χ1) is 9.86. The van der Waals surface area contributed by atoms with Crippen LogP contribution in [-0.2, 0) is 10.0 Å². The zero-order chi connectivity index (χ0) is 15.5. The number of nitrogens with one attached hydrogen (secondary N) is 1. The average molecular weight is 311 g/mol. The molecule has 1 fully saturated rings. The summed E-state index contributed by atoms with van der Waals surface area (Å²) >= 11 is 0. The highest BCUT2D eigenvalue weighted by Gasteiger charge is 2.25. The smallest absolute Gasteiger partial charge is 0.211 e. The van der Waals surface area contributed by atoms with Crippen LogP contribution in [0.3, 0.4) is 0 Å². The maximum atomic E-state index is 11.6. The monoisotopic (exact) mass is 311 g/mol. The first-order valence-corrected chi connectivity index (χ1v) is 9.17. The maximum Gasteiger partial charge on any atom is 0.211 e. The van der Waals surface area contributed by atoms with E-state index in [4.69, 9.17) is 0 Å². The van der Waals surface area contributed by atoms with Gasteiger partial charge in [0.05, 0.1) is 6.26 Å². The van der Waals surface area contributed by atoms with Gasteiger partial charge < -0.3 is 10.2 Å². The molecule has 6 heteroatoms. The quantitative estimate of drug-likeness (QED) is 0.901. The van der Waals surface area contributed by atoms with Crippen molar-refractivity contribution in [3.05, 3.63) is 24.3 Å². The van der Waals surface area contributed by atoms with Gasteiger partial charge in [0, 0.05) is 45.1 Å². The number of hydrogen-bond acceptors (Lipinski definition) is 4. The minimum absolute atomic E-state index is 0.372. The Morgan fingerprint density at radius 1 is 1.38 bits per heavy atom. The van der Waals surface area contributed by atoms with Crippen molar-refractivity contribution >= 4 is 21.4 Å². The molecule has 0 saturated carbocycles. The third-order valence-electron chi connectivity index (χ3n) is 3.91. The molecule has 0 amide bonds. The van der Waals surface area contributed by atoms with Crippen molar-refractivity contribution in [2.45, 2.75) is 12.8 Å². The Morgan fingerprint density at radius 2 is 2.14 bits per heavy atom. The number of rotatable bonds is 5. The molecule has 118 valence electrons.